The normalized spacial score (nSPS) is 15.2. The molecule has 0 unspecified atom stereocenters. The molecule has 1 aliphatic heterocycles. The average Bonchev–Trinajstić information content (AvgIpc) is 3.52. The Morgan fingerprint density at radius 3 is 2.26 bits per heavy atom. The van der Waals surface area contributed by atoms with Crippen LogP contribution >= 0.6 is 11.3 Å². The molecular formula is C34H51N11OS. The average molecular weight is 662 g/mol. The van der Waals surface area contributed by atoms with Crippen LogP contribution in [0.25, 0.3) is 20.8 Å². The van der Waals surface area contributed by atoms with Crippen LogP contribution in [-0.2, 0) is 0 Å². The number of ether oxygens (including phenoxy) is 1. The van der Waals surface area contributed by atoms with Crippen molar-refractivity contribution in [3.05, 3.63) is 48.5 Å². The summed E-state index contributed by atoms with van der Waals surface area (Å²) in [6, 6.07) is 17.0. The number of nitrogens with zero attached hydrogens (tertiary/aromatic N) is 7. The maximum absolute atomic E-state index is 6.15. The highest BCUT2D eigenvalue weighted by Gasteiger charge is 2.15. The minimum Gasteiger partial charge on any atom is -0.461 e. The van der Waals surface area contributed by atoms with Crippen LogP contribution in [0.5, 0.6) is 6.01 Å². The Labute approximate surface area is 283 Å². The Kier molecular flexibility index (Phi) is 13.8. The van der Waals surface area contributed by atoms with Gasteiger partial charge in [0.2, 0.25) is 11.9 Å². The Morgan fingerprint density at radius 1 is 0.830 bits per heavy atom. The van der Waals surface area contributed by atoms with Gasteiger partial charge in [-0.25, -0.2) is 4.98 Å². The number of thiazole rings is 1. The van der Waals surface area contributed by atoms with E-state index in [9.17, 15) is 0 Å². The quantitative estimate of drug-likeness (QED) is 0.158. The van der Waals surface area contributed by atoms with E-state index in [4.69, 9.17) is 20.4 Å². The number of hydrogen-bond acceptors (Lipinski definition) is 13. The van der Waals surface area contributed by atoms with E-state index in [-0.39, 0.29) is 12.0 Å². The Bertz CT molecular complexity index is 1440. The summed E-state index contributed by atoms with van der Waals surface area (Å²) >= 11 is 1.71. The molecular weight excluding hydrogens is 611 g/mol. The van der Waals surface area contributed by atoms with Gasteiger partial charge in [0.05, 0.1) is 16.8 Å². The van der Waals surface area contributed by atoms with Crippen molar-refractivity contribution in [1.82, 2.24) is 40.8 Å². The van der Waals surface area contributed by atoms with Crippen molar-refractivity contribution >= 4 is 39.1 Å². The zero-order valence-electron chi connectivity index (χ0n) is 28.0. The molecule has 1 saturated heterocycles. The second-order valence-electron chi connectivity index (χ2n) is 11.9. The molecule has 12 nitrogen and oxygen atoms in total. The highest BCUT2D eigenvalue weighted by molar-refractivity contribution is 7.21. The minimum atomic E-state index is 0.181. The lowest BCUT2D eigenvalue weighted by Crippen LogP contribution is -2.42. The SMILES string of the molecule is CCCCN(CCCN1CCNCCNCCNCC1)c1nc(N)nc(OCCN(C)c2ccc(-c3nc4ccccc4s3)cc2)n1. The predicted molar refractivity (Wildman–Crippen MR) is 195 cm³/mol. The Hall–Kier alpha value is -3.62. The standard InChI is InChI=1S/C34H51N11OS/c1-3-4-21-45(22-7-20-44-23-18-37-16-14-36-15-17-38-19-24-44)33-40-32(35)41-34(42-33)46-26-25-43(2)28-12-10-27(11-13-28)31-39-29-8-5-6-9-30(29)47-31/h5-6,8-13,36-38H,3-4,7,14-26H2,1-2H3,(H2,35,40,41,42). The third-order valence-electron chi connectivity index (χ3n) is 8.26. The molecule has 5 rings (SSSR count). The van der Waals surface area contributed by atoms with Gasteiger partial charge in [-0.3, -0.25) is 0 Å². The number of likely N-dealkylation sites (N-methyl/N-ethyl adjacent to an activating group) is 1. The largest absolute Gasteiger partial charge is 0.461 e. The minimum absolute atomic E-state index is 0.181. The summed E-state index contributed by atoms with van der Waals surface area (Å²) in [7, 11) is 2.05. The Balaban J connectivity index is 1.13. The first kappa shape index (κ1) is 34.7. The summed E-state index contributed by atoms with van der Waals surface area (Å²) in [5.41, 5.74) is 9.41. The second kappa shape index (κ2) is 18.6. The van der Waals surface area contributed by atoms with Crippen molar-refractivity contribution in [2.24, 2.45) is 0 Å². The van der Waals surface area contributed by atoms with Gasteiger partial charge < -0.3 is 41.1 Å². The third-order valence-corrected chi connectivity index (χ3v) is 9.35. The number of anilines is 3. The van der Waals surface area contributed by atoms with E-state index in [0.29, 0.717) is 19.1 Å². The molecule has 254 valence electrons. The van der Waals surface area contributed by atoms with Crippen LogP contribution in [-0.4, -0.2) is 117 Å². The summed E-state index contributed by atoms with van der Waals surface area (Å²) in [6.45, 7) is 14.1. The lowest BCUT2D eigenvalue weighted by Gasteiger charge is -2.27. The van der Waals surface area contributed by atoms with Gasteiger partial charge in [0, 0.05) is 83.7 Å². The van der Waals surface area contributed by atoms with E-state index >= 15 is 0 Å². The number of fused-ring (bicyclic) bond motifs is 1. The van der Waals surface area contributed by atoms with E-state index in [1.807, 2.05) is 6.07 Å². The van der Waals surface area contributed by atoms with Gasteiger partial charge >= 0.3 is 6.01 Å². The predicted octanol–water partition coefficient (Wildman–Crippen LogP) is 3.33. The number of benzene rings is 2. The van der Waals surface area contributed by atoms with Crippen molar-refractivity contribution in [3.8, 4) is 16.6 Å². The monoisotopic (exact) mass is 661 g/mol. The van der Waals surface area contributed by atoms with E-state index < -0.39 is 0 Å². The number of hydrogen-bond donors (Lipinski definition) is 4. The number of nitrogens with one attached hydrogen (secondary N) is 3. The summed E-state index contributed by atoms with van der Waals surface area (Å²) in [6.07, 6.45) is 3.15. The van der Waals surface area contributed by atoms with Crippen LogP contribution < -0.4 is 36.2 Å². The Morgan fingerprint density at radius 2 is 1.53 bits per heavy atom. The molecule has 47 heavy (non-hydrogen) atoms. The van der Waals surface area contributed by atoms with E-state index in [0.717, 1.165) is 113 Å². The first-order chi connectivity index (χ1) is 23.1. The summed E-state index contributed by atoms with van der Waals surface area (Å²) < 4.78 is 7.22. The number of nitrogens with two attached hydrogens (primary N) is 1. The van der Waals surface area contributed by atoms with Crippen LogP contribution in [0.15, 0.2) is 48.5 Å². The molecule has 13 heteroatoms. The molecule has 2 aromatic carbocycles. The maximum atomic E-state index is 6.15. The molecule has 5 N–H and O–H groups in total. The van der Waals surface area contributed by atoms with Crippen LogP contribution in [0.1, 0.15) is 26.2 Å². The van der Waals surface area contributed by atoms with E-state index in [1.54, 1.807) is 11.3 Å². The van der Waals surface area contributed by atoms with Crippen molar-refractivity contribution in [1.29, 1.82) is 0 Å². The molecule has 0 spiro atoms. The lowest BCUT2D eigenvalue weighted by molar-refractivity contribution is 0.268. The van der Waals surface area contributed by atoms with Crippen molar-refractivity contribution in [2.45, 2.75) is 26.2 Å². The third kappa shape index (κ3) is 11.0. The van der Waals surface area contributed by atoms with Gasteiger partial charge in [0.25, 0.3) is 0 Å². The van der Waals surface area contributed by atoms with E-state index in [2.05, 4.69) is 97.1 Å². The first-order valence-corrected chi connectivity index (χ1v) is 17.8. The van der Waals surface area contributed by atoms with Crippen LogP contribution in [0.4, 0.5) is 17.6 Å². The maximum Gasteiger partial charge on any atom is 0.323 e. The molecule has 1 fully saturated rings. The summed E-state index contributed by atoms with van der Waals surface area (Å²) in [5, 5.41) is 11.6. The van der Waals surface area contributed by atoms with Crippen molar-refractivity contribution in [2.75, 3.05) is 108 Å². The molecule has 4 aromatic rings. The van der Waals surface area contributed by atoms with Crippen molar-refractivity contribution in [3.63, 3.8) is 0 Å². The molecule has 0 atom stereocenters. The molecule has 0 amide bonds. The molecule has 0 bridgehead atoms. The van der Waals surface area contributed by atoms with Crippen LogP contribution in [0, 0.1) is 0 Å². The van der Waals surface area contributed by atoms with E-state index in [1.165, 1.54) is 4.70 Å². The highest BCUT2D eigenvalue weighted by Crippen LogP contribution is 2.31. The fraction of sp³-hybridized carbons (Fsp3) is 0.529. The van der Waals surface area contributed by atoms with Gasteiger partial charge in [-0.2, -0.15) is 15.0 Å². The highest BCUT2D eigenvalue weighted by atomic mass is 32.1. The molecule has 3 heterocycles. The van der Waals surface area contributed by atoms with Crippen LogP contribution in [0.3, 0.4) is 0 Å². The van der Waals surface area contributed by atoms with Gasteiger partial charge in [-0.1, -0.05) is 25.5 Å². The smallest absolute Gasteiger partial charge is 0.323 e. The van der Waals surface area contributed by atoms with Gasteiger partial charge in [-0.15, -0.1) is 11.3 Å². The van der Waals surface area contributed by atoms with Gasteiger partial charge in [-0.05, 0) is 55.8 Å². The number of para-hydroxylation sites is 1. The lowest BCUT2D eigenvalue weighted by atomic mass is 10.2. The molecule has 0 radical (unpaired) electrons. The zero-order valence-corrected chi connectivity index (χ0v) is 28.8. The van der Waals surface area contributed by atoms with Crippen molar-refractivity contribution < 1.29 is 4.74 Å². The fourth-order valence-corrected chi connectivity index (χ4v) is 6.48. The van der Waals surface area contributed by atoms with Gasteiger partial charge in [0.15, 0.2) is 0 Å². The number of rotatable bonds is 14. The van der Waals surface area contributed by atoms with Crippen LogP contribution in [0.2, 0.25) is 0 Å². The number of unbranched alkanes of at least 4 members (excludes halogenated alkanes) is 1. The molecule has 1 aliphatic rings. The molecule has 0 saturated carbocycles. The topological polar surface area (TPSA) is 133 Å². The summed E-state index contributed by atoms with van der Waals surface area (Å²) in [5.74, 6) is 0.768. The fourth-order valence-electron chi connectivity index (χ4n) is 5.51. The zero-order chi connectivity index (χ0) is 32.7. The van der Waals surface area contributed by atoms with Gasteiger partial charge in [0.1, 0.15) is 11.6 Å². The molecule has 2 aromatic heterocycles. The second-order valence-corrected chi connectivity index (χ2v) is 12.9. The number of aromatic nitrogens is 4. The number of nitrogen functional groups attached to an aromatic ring is 1. The molecule has 0 aliphatic carbocycles. The summed E-state index contributed by atoms with van der Waals surface area (Å²) in [4.78, 5) is 25.2. The first-order valence-electron chi connectivity index (χ1n) is 17.0.